The SMILES string of the molecule is CCNC(=O)c1cc(Cl)ccc1NC(=O)CCC1CCNCC1. The molecule has 23 heavy (non-hydrogen) atoms. The normalized spacial score (nSPS) is 15.2. The van der Waals surface area contributed by atoms with Crippen LogP contribution in [-0.4, -0.2) is 31.4 Å². The quantitative estimate of drug-likeness (QED) is 0.747. The Balaban J connectivity index is 1.95. The first kappa shape index (κ1) is 17.8. The number of benzene rings is 1. The summed E-state index contributed by atoms with van der Waals surface area (Å²) in [5.74, 6) is 0.315. The average Bonchev–Trinajstić information content (AvgIpc) is 2.56. The zero-order valence-electron chi connectivity index (χ0n) is 13.5. The van der Waals surface area contributed by atoms with Crippen molar-refractivity contribution in [3.63, 3.8) is 0 Å². The smallest absolute Gasteiger partial charge is 0.253 e. The second-order valence-electron chi connectivity index (χ2n) is 5.83. The van der Waals surface area contributed by atoms with Gasteiger partial charge in [0.15, 0.2) is 0 Å². The van der Waals surface area contributed by atoms with Gasteiger partial charge in [-0.1, -0.05) is 11.6 Å². The summed E-state index contributed by atoms with van der Waals surface area (Å²) >= 11 is 5.96. The number of carbonyl (C=O) groups excluding carboxylic acids is 2. The Labute approximate surface area is 142 Å². The van der Waals surface area contributed by atoms with Gasteiger partial charge in [0.25, 0.3) is 5.91 Å². The minimum absolute atomic E-state index is 0.0589. The molecule has 0 aliphatic carbocycles. The van der Waals surface area contributed by atoms with Crippen LogP contribution in [0.2, 0.25) is 5.02 Å². The first-order chi connectivity index (χ1) is 11.1. The van der Waals surface area contributed by atoms with Crippen LogP contribution in [0.1, 0.15) is 43.0 Å². The molecule has 1 aromatic carbocycles. The highest BCUT2D eigenvalue weighted by Crippen LogP contribution is 2.22. The van der Waals surface area contributed by atoms with E-state index in [9.17, 15) is 9.59 Å². The summed E-state index contributed by atoms with van der Waals surface area (Å²) < 4.78 is 0. The van der Waals surface area contributed by atoms with Gasteiger partial charge < -0.3 is 16.0 Å². The number of rotatable bonds is 6. The van der Waals surface area contributed by atoms with E-state index < -0.39 is 0 Å². The lowest BCUT2D eigenvalue weighted by Gasteiger charge is -2.22. The number of amides is 2. The first-order valence-corrected chi connectivity index (χ1v) is 8.56. The summed E-state index contributed by atoms with van der Waals surface area (Å²) in [6.07, 6.45) is 3.61. The predicted octanol–water partition coefficient (Wildman–Crippen LogP) is 2.81. The van der Waals surface area contributed by atoms with Crippen LogP contribution < -0.4 is 16.0 Å². The molecule has 1 aliphatic rings. The lowest BCUT2D eigenvalue weighted by atomic mass is 9.93. The fraction of sp³-hybridized carbons (Fsp3) is 0.529. The summed E-state index contributed by atoms with van der Waals surface area (Å²) in [5, 5.41) is 9.37. The van der Waals surface area contributed by atoms with E-state index in [0.29, 0.717) is 35.2 Å². The maximum absolute atomic E-state index is 12.2. The van der Waals surface area contributed by atoms with Crippen LogP contribution in [-0.2, 0) is 4.79 Å². The van der Waals surface area contributed by atoms with Crippen LogP contribution in [0.15, 0.2) is 18.2 Å². The molecule has 126 valence electrons. The molecule has 2 rings (SSSR count). The Bertz CT molecular complexity index is 557. The van der Waals surface area contributed by atoms with E-state index in [2.05, 4.69) is 16.0 Å². The molecule has 1 saturated heterocycles. The lowest BCUT2D eigenvalue weighted by molar-refractivity contribution is -0.116. The monoisotopic (exact) mass is 337 g/mol. The van der Waals surface area contributed by atoms with E-state index in [1.54, 1.807) is 18.2 Å². The van der Waals surface area contributed by atoms with Crippen molar-refractivity contribution >= 4 is 29.1 Å². The topological polar surface area (TPSA) is 70.2 Å². The van der Waals surface area contributed by atoms with Crippen molar-refractivity contribution in [2.45, 2.75) is 32.6 Å². The Morgan fingerprint density at radius 1 is 1.30 bits per heavy atom. The Morgan fingerprint density at radius 2 is 2.04 bits per heavy atom. The summed E-state index contributed by atoms with van der Waals surface area (Å²) in [7, 11) is 0. The largest absolute Gasteiger partial charge is 0.352 e. The van der Waals surface area contributed by atoms with E-state index in [1.807, 2.05) is 6.92 Å². The van der Waals surface area contributed by atoms with Crippen LogP contribution in [0, 0.1) is 5.92 Å². The molecule has 0 bridgehead atoms. The van der Waals surface area contributed by atoms with Crippen LogP contribution in [0.3, 0.4) is 0 Å². The van der Waals surface area contributed by atoms with Crippen molar-refractivity contribution in [3.8, 4) is 0 Å². The highest BCUT2D eigenvalue weighted by molar-refractivity contribution is 6.31. The van der Waals surface area contributed by atoms with Gasteiger partial charge >= 0.3 is 0 Å². The van der Waals surface area contributed by atoms with E-state index in [-0.39, 0.29) is 11.8 Å². The molecule has 0 unspecified atom stereocenters. The molecule has 6 heteroatoms. The molecule has 0 spiro atoms. The molecule has 0 atom stereocenters. The van der Waals surface area contributed by atoms with Crippen molar-refractivity contribution in [1.82, 2.24) is 10.6 Å². The van der Waals surface area contributed by atoms with Gasteiger partial charge in [-0.15, -0.1) is 0 Å². The molecular formula is C17H24ClN3O2. The number of halogens is 1. The molecule has 1 heterocycles. The van der Waals surface area contributed by atoms with Crippen molar-refractivity contribution in [2.75, 3.05) is 25.0 Å². The fourth-order valence-electron chi connectivity index (χ4n) is 2.79. The molecule has 1 aliphatic heterocycles. The molecule has 3 N–H and O–H groups in total. The van der Waals surface area contributed by atoms with Crippen molar-refractivity contribution in [1.29, 1.82) is 0 Å². The fourth-order valence-corrected chi connectivity index (χ4v) is 2.96. The highest BCUT2D eigenvalue weighted by Gasteiger charge is 2.17. The van der Waals surface area contributed by atoms with Crippen molar-refractivity contribution < 1.29 is 9.59 Å². The number of hydrogen-bond acceptors (Lipinski definition) is 3. The Hall–Kier alpha value is -1.59. The van der Waals surface area contributed by atoms with Gasteiger partial charge in [-0.2, -0.15) is 0 Å². The molecule has 0 aromatic heterocycles. The third kappa shape index (κ3) is 5.52. The molecule has 0 saturated carbocycles. The number of piperidine rings is 1. The van der Waals surface area contributed by atoms with Crippen LogP contribution in [0.25, 0.3) is 0 Å². The van der Waals surface area contributed by atoms with E-state index in [0.717, 1.165) is 32.4 Å². The predicted molar refractivity (Wildman–Crippen MR) is 92.9 cm³/mol. The van der Waals surface area contributed by atoms with E-state index in [1.165, 1.54) is 0 Å². The third-order valence-corrected chi connectivity index (χ3v) is 4.31. The molecule has 2 amide bonds. The minimum Gasteiger partial charge on any atom is -0.352 e. The van der Waals surface area contributed by atoms with Gasteiger partial charge in [0.2, 0.25) is 5.91 Å². The van der Waals surface area contributed by atoms with Gasteiger partial charge in [0.1, 0.15) is 0 Å². The average molecular weight is 338 g/mol. The van der Waals surface area contributed by atoms with Crippen molar-refractivity contribution in [3.05, 3.63) is 28.8 Å². The summed E-state index contributed by atoms with van der Waals surface area (Å²) in [4.78, 5) is 24.3. The molecule has 1 fully saturated rings. The minimum atomic E-state index is -0.233. The van der Waals surface area contributed by atoms with Crippen LogP contribution in [0.5, 0.6) is 0 Å². The highest BCUT2D eigenvalue weighted by atomic mass is 35.5. The van der Waals surface area contributed by atoms with Crippen LogP contribution in [0.4, 0.5) is 5.69 Å². The van der Waals surface area contributed by atoms with E-state index >= 15 is 0 Å². The summed E-state index contributed by atoms with van der Waals surface area (Å²) in [6, 6.07) is 4.93. The first-order valence-electron chi connectivity index (χ1n) is 8.18. The Morgan fingerprint density at radius 3 is 2.74 bits per heavy atom. The maximum atomic E-state index is 12.2. The second kappa shape index (κ2) is 8.89. The second-order valence-corrected chi connectivity index (χ2v) is 6.27. The van der Waals surface area contributed by atoms with Gasteiger partial charge in [-0.25, -0.2) is 0 Å². The molecule has 5 nitrogen and oxygen atoms in total. The van der Waals surface area contributed by atoms with Gasteiger partial charge in [-0.05, 0) is 63.4 Å². The molecular weight excluding hydrogens is 314 g/mol. The third-order valence-electron chi connectivity index (χ3n) is 4.08. The summed E-state index contributed by atoms with van der Waals surface area (Å²) in [5.41, 5.74) is 0.908. The summed E-state index contributed by atoms with van der Waals surface area (Å²) in [6.45, 7) is 4.43. The zero-order chi connectivity index (χ0) is 16.7. The van der Waals surface area contributed by atoms with Gasteiger partial charge in [0, 0.05) is 18.0 Å². The number of hydrogen-bond donors (Lipinski definition) is 3. The lowest BCUT2D eigenvalue weighted by Crippen LogP contribution is -2.28. The maximum Gasteiger partial charge on any atom is 0.253 e. The van der Waals surface area contributed by atoms with E-state index in [4.69, 9.17) is 11.6 Å². The van der Waals surface area contributed by atoms with Crippen LogP contribution >= 0.6 is 11.6 Å². The molecule has 1 aromatic rings. The zero-order valence-corrected chi connectivity index (χ0v) is 14.2. The van der Waals surface area contributed by atoms with Gasteiger partial charge in [0.05, 0.1) is 11.3 Å². The van der Waals surface area contributed by atoms with Crippen molar-refractivity contribution in [2.24, 2.45) is 5.92 Å². The number of nitrogens with one attached hydrogen (secondary N) is 3. The Kier molecular flexibility index (Phi) is 6.86. The number of carbonyl (C=O) groups is 2. The standard InChI is InChI=1S/C17H24ClN3O2/c1-2-20-17(23)14-11-13(18)4-5-15(14)21-16(22)6-3-12-7-9-19-10-8-12/h4-5,11-12,19H,2-3,6-10H2,1H3,(H,20,23)(H,21,22). The molecule has 0 radical (unpaired) electrons. The number of anilines is 1. The van der Waals surface area contributed by atoms with Gasteiger partial charge in [-0.3, -0.25) is 9.59 Å².